The first kappa shape index (κ1) is 16.2. The molecule has 0 radical (unpaired) electrons. The summed E-state index contributed by atoms with van der Waals surface area (Å²) in [6, 6.07) is 1.66. The van der Waals surface area contributed by atoms with Gasteiger partial charge in [0.25, 0.3) is 0 Å². The molecule has 2 heterocycles. The molecular weight excluding hydrogens is 288 g/mol. The molecule has 0 amide bonds. The number of pyridine rings is 1. The van der Waals surface area contributed by atoms with Crippen molar-refractivity contribution in [3.8, 4) is 0 Å². The summed E-state index contributed by atoms with van der Waals surface area (Å²) >= 11 is 0. The lowest BCUT2D eigenvalue weighted by Crippen LogP contribution is -2.32. The van der Waals surface area contributed by atoms with Crippen LogP contribution in [0.4, 0.5) is 5.69 Å². The van der Waals surface area contributed by atoms with Crippen LogP contribution in [-0.4, -0.2) is 52.0 Å². The van der Waals surface area contributed by atoms with Crippen LogP contribution in [0, 0.1) is 5.92 Å². The summed E-state index contributed by atoms with van der Waals surface area (Å²) in [4.78, 5) is 6.42. The van der Waals surface area contributed by atoms with Gasteiger partial charge in [0.1, 0.15) is 4.90 Å². The first-order valence-electron chi connectivity index (χ1n) is 7.33. The molecule has 0 aromatic carbocycles. The Morgan fingerprint density at radius 3 is 2.76 bits per heavy atom. The van der Waals surface area contributed by atoms with Crippen LogP contribution < -0.4 is 10.0 Å². The van der Waals surface area contributed by atoms with Crippen LogP contribution in [0.5, 0.6) is 0 Å². The largest absolute Gasteiger partial charge is 0.387 e. The average Bonchev–Trinajstić information content (AvgIpc) is 2.49. The fraction of sp³-hybridized carbons (Fsp3) is 0.643. The van der Waals surface area contributed by atoms with E-state index in [0.717, 1.165) is 32.4 Å². The second kappa shape index (κ2) is 7.20. The number of anilines is 1. The van der Waals surface area contributed by atoms with Gasteiger partial charge in [-0.2, -0.15) is 0 Å². The van der Waals surface area contributed by atoms with E-state index in [1.807, 2.05) is 0 Å². The minimum absolute atomic E-state index is 0.205. The number of aromatic nitrogens is 1. The van der Waals surface area contributed by atoms with Crippen molar-refractivity contribution in [2.24, 2.45) is 5.92 Å². The van der Waals surface area contributed by atoms with Crippen LogP contribution >= 0.6 is 0 Å². The summed E-state index contributed by atoms with van der Waals surface area (Å²) in [5.74, 6) is 0.613. The first-order valence-corrected chi connectivity index (χ1v) is 8.81. The van der Waals surface area contributed by atoms with Gasteiger partial charge in [0.15, 0.2) is 0 Å². The Bertz CT molecular complexity index is 554. The number of sulfonamides is 1. The van der Waals surface area contributed by atoms with E-state index in [1.165, 1.54) is 6.20 Å². The predicted octanol–water partition coefficient (Wildman–Crippen LogP) is 1.13. The standard InChI is InChI=1S/C14H24N4O2S/c1-15-13-4-7-16-11-14(13)21(19,20)17-8-3-12-5-9-18(2)10-6-12/h4,7,11-12,17H,3,5-6,8-10H2,1-2H3,(H,15,16). The van der Waals surface area contributed by atoms with E-state index >= 15 is 0 Å². The molecule has 0 bridgehead atoms. The van der Waals surface area contributed by atoms with E-state index < -0.39 is 10.0 Å². The normalized spacial score (nSPS) is 17.8. The van der Waals surface area contributed by atoms with Gasteiger partial charge in [0.2, 0.25) is 10.0 Å². The lowest BCUT2D eigenvalue weighted by molar-refractivity contribution is 0.213. The summed E-state index contributed by atoms with van der Waals surface area (Å²) in [6.45, 7) is 2.68. The van der Waals surface area contributed by atoms with Crippen molar-refractivity contribution in [1.29, 1.82) is 0 Å². The monoisotopic (exact) mass is 312 g/mol. The molecule has 21 heavy (non-hydrogen) atoms. The SMILES string of the molecule is CNc1ccncc1S(=O)(=O)NCCC1CCN(C)CC1. The van der Waals surface area contributed by atoms with Crippen molar-refractivity contribution in [2.75, 3.05) is 39.0 Å². The molecule has 0 unspecified atom stereocenters. The van der Waals surface area contributed by atoms with E-state index in [-0.39, 0.29) is 4.90 Å². The fourth-order valence-electron chi connectivity index (χ4n) is 2.63. The average molecular weight is 312 g/mol. The third-order valence-corrected chi connectivity index (χ3v) is 5.51. The zero-order valence-corrected chi connectivity index (χ0v) is 13.5. The minimum atomic E-state index is -3.50. The van der Waals surface area contributed by atoms with Crippen LogP contribution in [-0.2, 0) is 10.0 Å². The van der Waals surface area contributed by atoms with Crippen LogP contribution in [0.15, 0.2) is 23.4 Å². The highest BCUT2D eigenvalue weighted by atomic mass is 32.2. The summed E-state index contributed by atoms with van der Waals surface area (Å²) in [5, 5.41) is 2.88. The number of nitrogens with zero attached hydrogens (tertiary/aromatic N) is 2. The number of likely N-dealkylation sites (tertiary alicyclic amines) is 1. The van der Waals surface area contributed by atoms with Gasteiger partial charge in [-0.15, -0.1) is 0 Å². The Kier molecular flexibility index (Phi) is 5.55. The minimum Gasteiger partial charge on any atom is -0.387 e. The van der Waals surface area contributed by atoms with Gasteiger partial charge in [0, 0.05) is 26.0 Å². The van der Waals surface area contributed by atoms with Gasteiger partial charge in [-0.1, -0.05) is 0 Å². The van der Waals surface area contributed by atoms with E-state index in [1.54, 1.807) is 19.3 Å². The molecule has 1 aromatic heterocycles. The molecule has 2 N–H and O–H groups in total. The van der Waals surface area contributed by atoms with Crippen LogP contribution in [0.3, 0.4) is 0 Å². The summed E-state index contributed by atoms with van der Waals surface area (Å²) in [7, 11) is 0.327. The van der Waals surface area contributed by atoms with E-state index in [2.05, 4.69) is 27.0 Å². The van der Waals surface area contributed by atoms with E-state index in [9.17, 15) is 8.42 Å². The van der Waals surface area contributed by atoms with Gasteiger partial charge in [-0.3, -0.25) is 4.98 Å². The van der Waals surface area contributed by atoms with E-state index in [4.69, 9.17) is 0 Å². The Balaban J connectivity index is 1.89. The molecule has 1 fully saturated rings. The van der Waals surface area contributed by atoms with Gasteiger partial charge in [-0.05, 0) is 51.4 Å². The van der Waals surface area contributed by atoms with Crippen molar-refractivity contribution in [2.45, 2.75) is 24.2 Å². The Morgan fingerprint density at radius 2 is 2.10 bits per heavy atom. The van der Waals surface area contributed by atoms with Gasteiger partial charge < -0.3 is 10.2 Å². The number of piperidine rings is 1. The quantitative estimate of drug-likeness (QED) is 0.824. The maximum absolute atomic E-state index is 12.3. The second-order valence-corrected chi connectivity index (χ2v) is 7.29. The lowest BCUT2D eigenvalue weighted by Gasteiger charge is -2.28. The molecule has 0 spiro atoms. The third-order valence-electron chi connectivity index (χ3n) is 4.03. The molecule has 6 nitrogen and oxygen atoms in total. The van der Waals surface area contributed by atoms with Gasteiger partial charge in [0.05, 0.1) is 5.69 Å². The number of hydrogen-bond acceptors (Lipinski definition) is 5. The second-order valence-electron chi connectivity index (χ2n) is 5.55. The zero-order chi connectivity index (χ0) is 15.3. The van der Waals surface area contributed by atoms with Crippen LogP contribution in [0.1, 0.15) is 19.3 Å². The van der Waals surface area contributed by atoms with Gasteiger partial charge >= 0.3 is 0 Å². The number of nitrogens with one attached hydrogen (secondary N) is 2. The predicted molar refractivity (Wildman–Crippen MR) is 83.8 cm³/mol. The molecule has 1 saturated heterocycles. The Hall–Kier alpha value is -1.18. The molecule has 118 valence electrons. The topological polar surface area (TPSA) is 74.3 Å². The van der Waals surface area contributed by atoms with E-state index in [0.29, 0.717) is 18.2 Å². The molecule has 1 aliphatic heterocycles. The van der Waals surface area contributed by atoms with Crippen LogP contribution in [0.2, 0.25) is 0 Å². The van der Waals surface area contributed by atoms with Crippen molar-refractivity contribution in [3.05, 3.63) is 18.5 Å². The summed E-state index contributed by atoms with van der Waals surface area (Å²) < 4.78 is 27.3. The van der Waals surface area contributed by atoms with Crippen molar-refractivity contribution in [1.82, 2.24) is 14.6 Å². The molecule has 1 aliphatic rings. The van der Waals surface area contributed by atoms with Crippen molar-refractivity contribution >= 4 is 15.7 Å². The highest BCUT2D eigenvalue weighted by Gasteiger charge is 2.20. The molecule has 7 heteroatoms. The summed E-state index contributed by atoms with van der Waals surface area (Å²) in [5.41, 5.74) is 0.566. The Labute approximate surface area is 127 Å². The number of rotatable bonds is 6. The highest BCUT2D eigenvalue weighted by molar-refractivity contribution is 7.89. The summed E-state index contributed by atoms with van der Waals surface area (Å²) in [6.07, 6.45) is 6.13. The zero-order valence-electron chi connectivity index (χ0n) is 12.7. The third kappa shape index (κ3) is 4.39. The van der Waals surface area contributed by atoms with Gasteiger partial charge in [-0.25, -0.2) is 13.1 Å². The smallest absolute Gasteiger partial charge is 0.244 e. The maximum Gasteiger partial charge on any atom is 0.244 e. The first-order chi connectivity index (χ1) is 10.0. The molecule has 0 atom stereocenters. The Morgan fingerprint density at radius 1 is 1.38 bits per heavy atom. The molecule has 1 aromatic rings. The highest BCUT2D eigenvalue weighted by Crippen LogP contribution is 2.21. The molecule has 2 rings (SSSR count). The number of hydrogen-bond donors (Lipinski definition) is 2. The molecule has 0 aliphatic carbocycles. The molecular formula is C14H24N4O2S. The molecule has 0 saturated carbocycles. The van der Waals surface area contributed by atoms with Crippen LogP contribution in [0.25, 0.3) is 0 Å². The fourth-order valence-corrected chi connectivity index (χ4v) is 3.83. The van der Waals surface area contributed by atoms with Crippen molar-refractivity contribution < 1.29 is 8.42 Å². The van der Waals surface area contributed by atoms with Crippen molar-refractivity contribution in [3.63, 3.8) is 0 Å². The lowest BCUT2D eigenvalue weighted by atomic mass is 9.94. The maximum atomic E-state index is 12.3.